The van der Waals surface area contributed by atoms with Gasteiger partial charge in [-0.3, -0.25) is 0 Å². The molecule has 6 heteroatoms. The van der Waals surface area contributed by atoms with E-state index in [1.165, 1.54) is 5.56 Å². The van der Waals surface area contributed by atoms with E-state index in [9.17, 15) is 0 Å². The van der Waals surface area contributed by atoms with Crippen molar-refractivity contribution in [3.8, 4) is 11.1 Å². The van der Waals surface area contributed by atoms with Crippen LogP contribution >= 0.6 is 15.9 Å². The maximum atomic E-state index is 5.97. The van der Waals surface area contributed by atoms with Gasteiger partial charge in [0.2, 0.25) is 5.95 Å². The minimum atomic E-state index is 0.239. The summed E-state index contributed by atoms with van der Waals surface area (Å²) in [5, 5.41) is 7.74. The predicted molar refractivity (Wildman–Crippen MR) is 141 cm³/mol. The molecule has 0 bridgehead atoms. The van der Waals surface area contributed by atoms with Crippen LogP contribution in [0.2, 0.25) is 0 Å². The Morgan fingerprint density at radius 2 is 1.48 bits per heavy atom. The lowest BCUT2D eigenvalue weighted by Crippen LogP contribution is -2.01. The predicted octanol–water partition coefficient (Wildman–Crippen LogP) is 7.00. The van der Waals surface area contributed by atoms with Crippen molar-refractivity contribution in [1.82, 2.24) is 9.97 Å². The van der Waals surface area contributed by atoms with Crippen molar-refractivity contribution in [2.45, 2.75) is 6.54 Å². The van der Waals surface area contributed by atoms with Gasteiger partial charge in [-0.25, -0.2) is 4.98 Å². The summed E-state index contributed by atoms with van der Waals surface area (Å²) in [5.74, 6) is 0.921. The first-order chi connectivity index (χ1) is 16.1. The van der Waals surface area contributed by atoms with Crippen molar-refractivity contribution in [3.63, 3.8) is 0 Å². The van der Waals surface area contributed by atoms with Crippen LogP contribution in [0.4, 0.5) is 23.1 Å². The molecule has 0 spiro atoms. The molecule has 1 aromatic heterocycles. The minimum Gasteiger partial charge on any atom is -0.381 e. The molecule has 162 valence electrons. The number of benzene rings is 4. The van der Waals surface area contributed by atoms with Crippen molar-refractivity contribution in [3.05, 3.63) is 107 Å². The lowest BCUT2D eigenvalue weighted by Gasteiger charge is -2.12. The fourth-order valence-corrected chi connectivity index (χ4v) is 4.10. The Bertz CT molecular complexity index is 1400. The largest absolute Gasteiger partial charge is 0.381 e. The standard InChI is InChI=1S/C27H22BrN5/c28-21-5-4-8-23(16-21)31-26-24-15-20(13-14-25(24)32-27(29)33-26)19-11-9-18(10-12-19)17-30-22-6-2-1-3-7-22/h1-16,30H,17H2,(H3,29,31,32,33). The highest BCUT2D eigenvalue weighted by Crippen LogP contribution is 2.30. The van der Waals surface area contributed by atoms with Crippen molar-refractivity contribution >= 4 is 50.0 Å². The van der Waals surface area contributed by atoms with Crippen LogP contribution < -0.4 is 16.4 Å². The van der Waals surface area contributed by atoms with Gasteiger partial charge in [0, 0.05) is 27.8 Å². The van der Waals surface area contributed by atoms with E-state index >= 15 is 0 Å². The number of nitrogens with two attached hydrogens (primary N) is 1. The maximum Gasteiger partial charge on any atom is 0.222 e. The summed E-state index contributed by atoms with van der Waals surface area (Å²) >= 11 is 3.51. The first kappa shape index (κ1) is 21.0. The second kappa shape index (κ2) is 9.30. The summed E-state index contributed by atoms with van der Waals surface area (Å²) in [6.07, 6.45) is 0. The van der Waals surface area contributed by atoms with Gasteiger partial charge < -0.3 is 16.4 Å². The van der Waals surface area contributed by atoms with Gasteiger partial charge in [0.25, 0.3) is 0 Å². The molecular formula is C27H22BrN5. The number of aromatic nitrogens is 2. The number of rotatable bonds is 6. The van der Waals surface area contributed by atoms with Gasteiger partial charge in [0.1, 0.15) is 5.82 Å². The third kappa shape index (κ3) is 4.96. The first-order valence-corrected chi connectivity index (χ1v) is 11.4. The molecule has 33 heavy (non-hydrogen) atoms. The molecule has 0 aliphatic heterocycles. The second-order valence-electron chi connectivity index (χ2n) is 7.71. The average Bonchev–Trinajstić information content (AvgIpc) is 2.83. The minimum absolute atomic E-state index is 0.239. The van der Waals surface area contributed by atoms with E-state index in [0.29, 0.717) is 5.82 Å². The second-order valence-corrected chi connectivity index (χ2v) is 8.63. The van der Waals surface area contributed by atoms with Crippen molar-refractivity contribution in [2.24, 2.45) is 0 Å². The van der Waals surface area contributed by atoms with E-state index < -0.39 is 0 Å². The normalized spacial score (nSPS) is 10.8. The number of nitrogens with zero attached hydrogens (tertiary/aromatic N) is 2. The summed E-state index contributed by atoms with van der Waals surface area (Å²) in [6.45, 7) is 0.774. The molecule has 5 aromatic rings. The lowest BCUT2D eigenvalue weighted by atomic mass is 10.0. The molecular weight excluding hydrogens is 474 g/mol. The van der Waals surface area contributed by atoms with Gasteiger partial charge in [-0.2, -0.15) is 4.98 Å². The van der Waals surface area contributed by atoms with Crippen molar-refractivity contribution < 1.29 is 0 Å². The molecule has 0 atom stereocenters. The van der Waals surface area contributed by atoms with Gasteiger partial charge in [0.15, 0.2) is 0 Å². The zero-order chi connectivity index (χ0) is 22.6. The van der Waals surface area contributed by atoms with E-state index in [0.717, 1.165) is 44.4 Å². The monoisotopic (exact) mass is 495 g/mol. The van der Waals surface area contributed by atoms with Gasteiger partial charge >= 0.3 is 0 Å². The molecule has 5 rings (SSSR count). The Kier molecular flexibility index (Phi) is 5.91. The van der Waals surface area contributed by atoms with Crippen molar-refractivity contribution in [1.29, 1.82) is 0 Å². The molecule has 5 nitrogen and oxygen atoms in total. The Labute approximate surface area is 200 Å². The molecule has 0 unspecified atom stereocenters. The Morgan fingerprint density at radius 3 is 2.27 bits per heavy atom. The molecule has 1 heterocycles. The van der Waals surface area contributed by atoms with Gasteiger partial charge in [-0.05, 0) is 59.2 Å². The number of para-hydroxylation sites is 1. The van der Waals surface area contributed by atoms with E-state index in [1.807, 2.05) is 48.5 Å². The molecule has 0 aliphatic rings. The molecule has 0 fully saturated rings. The van der Waals surface area contributed by atoms with Crippen LogP contribution in [0.25, 0.3) is 22.0 Å². The zero-order valence-corrected chi connectivity index (χ0v) is 19.4. The highest BCUT2D eigenvalue weighted by Gasteiger charge is 2.09. The number of nitrogens with one attached hydrogen (secondary N) is 2. The summed E-state index contributed by atoms with van der Waals surface area (Å²) < 4.78 is 0.987. The van der Waals surface area contributed by atoms with Gasteiger partial charge in [0.05, 0.1) is 5.52 Å². The van der Waals surface area contributed by atoms with Crippen LogP contribution in [0.3, 0.4) is 0 Å². The van der Waals surface area contributed by atoms with Gasteiger partial charge in [-0.1, -0.05) is 70.5 Å². The fourth-order valence-electron chi connectivity index (χ4n) is 3.70. The highest BCUT2D eigenvalue weighted by molar-refractivity contribution is 9.10. The number of fused-ring (bicyclic) bond motifs is 1. The van der Waals surface area contributed by atoms with E-state index in [1.54, 1.807) is 0 Å². The molecule has 4 aromatic carbocycles. The van der Waals surface area contributed by atoms with Crippen LogP contribution in [0.1, 0.15) is 5.56 Å². The number of hydrogen-bond donors (Lipinski definition) is 3. The smallest absolute Gasteiger partial charge is 0.222 e. The third-order valence-electron chi connectivity index (χ3n) is 5.36. The van der Waals surface area contributed by atoms with Crippen molar-refractivity contribution in [2.75, 3.05) is 16.4 Å². The topological polar surface area (TPSA) is 75.9 Å². The molecule has 0 amide bonds. The summed E-state index contributed by atoms with van der Waals surface area (Å²) in [6, 6.07) is 32.9. The highest BCUT2D eigenvalue weighted by atomic mass is 79.9. The average molecular weight is 496 g/mol. The van der Waals surface area contributed by atoms with E-state index in [-0.39, 0.29) is 5.95 Å². The van der Waals surface area contributed by atoms with E-state index in [2.05, 4.69) is 85.1 Å². The summed E-state index contributed by atoms with van der Waals surface area (Å²) in [5.41, 5.74) is 12.2. The van der Waals surface area contributed by atoms with Crippen LogP contribution in [0.15, 0.2) is 102 Å². The van der Waals surface area contributed by atoms with Crippen LogP contribution in [-0.2, 0) is 6.54 Å². The quantitative estimate of drug-likeness (QED) is 0.236. The Morgan fingerprint density at radius 1 is 0.727 bits per heavy atom. The molecule has 4 N–H and O–H groups in total. The molecule has 0 radical (unpaired) electrons. The van der Waals surface area contributed by atoms with Gasteiger partial charge in [-0.15, -0.1) is 0 Å². The molecule has 0 aliphatic carbocycles. The molecule has 0 saturated carbocycles. The zero-order valence-electron chi connectivity index (χ0n) is 17.8. The summed E-state index contributed by atoms with van der Waals surface area (Å²) in [7, 11) is 0. The Balaban J connectivity index is 1.42. The lowest BCUT2D eigenvalue weighted by molar-refractivity contribution is 1.15. The Hall–Kier alpha value is -3.90. The van der Waals surface area contributed by atoms with Crippen LogP contribution in [0, 0.1) is 0 Å². The fraction of sp³-hybridized carbons (Fsp3) is 0.0370. The molecule has 0 saturated heterocycles. The number of nitrogen functional groups attached to an aromatic ring is 1. The van der Waals surface area contributed by atoms with Crippen LogP contribution in [0.5, 0.6) is 0 Å². The van der Waals surface area contributed by atoms with E-state index in [4.69, 9.17) is 5.73 Å². The first-order valence-electron chi connectivity index (χ1n) is 10.6. The number of anilines is 4. The van der Waals surface area contributed by atoms with Crippen LogP contribution in [-0.4, -0.2) is 9.97 Å². The summed E-state index contributed by atoms with van der Waals surface area (Å²) in [4.78, 5) is 8.87. The number of hydrogen-bond acceptors (Lipinski definition) is 5. The number of halogens is 1. The maximum absolute atomic E-state index is 5.97. The third-order valence-corrected chi connectivity index (χ3v) is 5.85. The SMILES string of the molecule is Nc1nc(Nc2cccc(Br)c2)c2cc(-c3ccc(CNc4ccccc4)cc3)ccc2n1.